The Balaban J connectivity index is 2.00. The molecule has 1 N–H and O–H groups in total. The normalized spacial score (nSPS) is 26.7. The lowest BCUT2D eigenvalue weighted by atomic mass is 10.2. The molecule has 4 nitrogen and oxygen atoms in total. The largest absolute Gasteiger partial charge is 0.392 e. The van der Waals surface area contributed by atoms with E-state index in [9.17, 15) is 9.90 Å². The highest BCUT2D eigenvalue weighted by Gasteiger charge is 2.37. The Bertz CT molecular complexity index is 226. The molecule has 2 aliphatic rings. The third-order valence-corrected chi connectivity index (χ3v) is 2.78. The third kappa shape index (κ3) is 2.07. The van der Waals surface area contributed by atoms with Crippen molar-refractivity contribution in [2.45, 2.75) is 44.8 Å². The molecule has 2 fully saturated rings. The van der Waals surface area contributed by atoms with Crippen molar-refractivity contribution in [2.75, 3.05) is 13.1 Å². The van der Waals surface area contributed by atoms with E-state index >= 15 is 0 Å². The van der Waals surface area contributed by atoms with Crippen molar-refractivity contribution in [1.29, 1.82) is 0 Å². The van der Waals surface area contributed by atoms with Gasteiger partial charge in [0.05, 0.1) is 12.6 Å². The number of rotatable bonds is 3. The molecule has 14 heavy (non-hydrogen) atoms. The lowest BCUT2D eigenvalue weighted by Crippen LogP contribution is -2.53. The highest BCUT2D eigenvalue weighted by molar-refractivity contribution is 5.76. The van der Waals surface area contributed by atoms with Crippen molar-refractivity contribution >= 4 is 5.91 Å². The zero-order valence-corrected chi connectivity index (χ0v) is 8.65. The smallest absolute Gasteiger partial charge is 0.237 e. The number of amides is 1. The van der Waals surface area contributed by atoms with Gasteiger partial charge in [0.15, 0.2) is 0 Å². The van der Waals surface area contributed by atoms with Gasteiger partial charge in [0.25, 0.3) is 0 Å². The van der Waals surface area contributed by atoms with Crippen LogP contribution in [0.4, 0.5) is 0 Å². The number of carbonyl (C=O) groups is 1. The maximum Gasteiger partial charge on any atom is 0.237 e. The first kappa shape index (κ1) is 9.93. The maximum atomic E-state index is 11.6. The maximum absolute atomic E-state index is 11.6. The van der Waals surface area contributed by atoms with Gasteiger partial charge in [-0.05, 0) is 26.2 Å². The molecule has 0 bridgehead atoms. The first-order chi connectivity index (χ1) is 6.68. The zero-order chi connectivity index (χ0) is 10.1. The second-order valence-electron chi connectivity index (χ2n) is 4.32. The van der Waals surface area contributed by atoms with E-state index in [4.69, 9.17) is 0 Å². The van der Waals surface area contributed by atoms with Crippen molar-refractivity contribution in [2.24, 2.45) is 0 Å². The molecular formula is C10H18N2O2. The number of hydrazine groups is 1. The predicted molar refractivity (Wildman–Crippen MR) is 52.4 cm³/mol. The van der Waals surface area contributed by atoms with E-state index < -0.39 is 6.10 Å². The summed E-state index contributed by atoms with van der Waals surface area (Å²) < 4.78 is 0. The number of aliphatic hydroxyl groups is 1. The highest BCUT2D eigenvalue weighted by Crippen LogP contribution is 2.30. The summed E-state index contributed by atoms with van der Waals surface area (Å²) in [7, 11) is 0. The molecule has 1 unspecified atom stereocenters. The van der Waals surface area contributed by atoms with Crippen molar-refractivity contribution < 1.29 is 9.90 Å². The highest BCUT2D eigenvalue weighted by atomic mass is 16.3. The van der Waals surface area contributed by atoms with Crippen molar-refractivity contribution in [3.63, 3.8) is 0 Å². The van der Waals surface area contributed by atoms with E-state index in [0.29, 0.717) is 19.0 Å². The molecule has 1 atom stereocenters. The van der Waals surface area contributed by atoms with Gasteiger partial charge < -0.3 is 5.11 Å². The van der Waals surface area contributed by atoms with Crippen LogP contribution < -0.4 is 0 Å². The predicted octanol–water partition coefficient (Wildman–Crippen LogP) is 0.369. The fraction of sp³-hybridized carbons (Fsp3) is 0.900. The Morgan fingerprint density at radius 3 is 2.86 bits per heavy atom. The summed E-state index contributed by atoms with van der Waals surface area (Å²) >= 11 is 0. The van der Waals surface area contributed by atoms with Crippen LogP contribution in [0, 0.1) is 0 Å². The summed E-state index contributed by atoms with van der Waals surface area (Å²) in [6, 6.07) is 0.568. The number of hydrogen-bond acceptors (Lipinski definition) is 3. The van der Waals surface area contributed by atoms with E-state index in [1.54, 1.807) is 11.9 Å². The molecule has 0 radical (unpaired) electrons. The van der Waals surface area contributed by atoms with Crippen LogP contribution in [-0.2, 0) is 4.79 Å². The molecule has 2 rings (SSSR count). The van der Waals surface area contributed by atoms with E-state index in [0.717, 1.165) is 13.0 Å². The molecule has 0 aromatic rings. The molecule has 80 valence electrons. The Morgan fingerprint density at radius 2 is 2.29 bits per heavy atom. The Labute approximate surface area is 84.5 Å². The summed E-state index contributed by atoms with van der Waals surface area (Å²) in [4.78, 5) is 11.6. The van der Waals surface area contributed by atoms with Gasteiger partial charge in [-0.15, -0.1) is 0 Å². The molecule has 1 saturated carbocycles. The third-order valence-electron chi connectivity index (χ3n) is 2.78. The molecule has 1 amide bonds. The zero-order valence-electron chi connectivity index (χ0n) is 8.65. The fourth-order valence-electron chi connectivity index (χ4n) is 1.99. The molecule has 1 aliphatic heterocycles. The van der Waals surface area contributed by atoms with Crippen molar-refractivity contribution in [3.05, 3.63) is 0 Å². The van der Waals surface area contributed by atoms with E-state index in [1.165, 1.54) is 12.8 Å². The SMILES string of the molecule is CC(O)CN1C(=O)CCCN1C1CC1. The molecule has 0 spiro atoms. The number of aliphatic hydroxyl groups excluding tert-OH is 1. The number of β-amino-alcohol motifs (C(OH)–C–C–N with tert-alkyl or cyclic N) is 1. The summed E-state index contributed by atoms with van der Waals surface area (Å²) in [5, 5.41) is 13.2. The van der Waals surface area contributed by atoms with Crippen LogP contribution in [0.3, 0.4) is 0 Å². The van der Waals surface area contributed by atoms with E-state index in [2.05, 4.69) is 5.01 Å². The number of nitrogens with zero attached hydrogens (tertiary/aromatic N) is 2. The summed E-state index contributed by atoms with van der Waals surface area (Å²) in [6.45, 7) is 3.16. The molecule has 0 aromatic heterocycles. The van der Waals surface area contributed by atoms with E-state index in [-0.39, 0.29) is 5.91 Å². The Morgan fingerprint density at radius 1 is 1.57 bits per heavy atom. The van der Waals surface area contributed by atoms with Crippen LogP contribution >= 0.6 is 0 Å². The minimum Gasteiger partial charge on any atom is -0.392 e. The average molecular weight is 198 g/mol. The Kier molecular flexibility index (Phi) is 2.74. The number of hydrogen-bond donors (Lipinski definition) is 1. The second-order valence-corrected chi connectivity index (χ2v) is 4.32. The minimum absolute atomic E-state index is 0.170. The van der Waals surface area contributed by atoms with Crippen LogP contribution in [0.25, 0.3) is 0 Å². The molecular weight excluding hydrogens is 180 g/mol. The number of carbonyl (C=O) groups excluding carboxylic acids is 1. The molecule has 0 aromatic carbocycles. The van der Waals surface area contributed by atoms with Crippen LogP contribution in [0.1, 0.15) is 32.6 Å². The van der Waals surface area contributed by atoms with Gasteiger partial charge in [0.1, 0.15) is 0 Å². The van der Waals surface area contributed by atoms with Crippen LogP contribution in [-0.4, -0.2) is 46.3 Å². The first-order valence-electron chi connectivity index (χ1n) is 5.43. The second kappa shape index (κ2) is 3.87. The standard InChI is InChI=1S/C10H18N2O2/c1-8(13)7-12-10(14)3-2-6-11(12)9-4-5-9/h8-9,13H,2-7H2,1H3. The van der Waals surface area contributed by atoms with Crippen LogP contribution in [0.15, 0.2) is 0 Å². The lowest BCUT2D eigenvalue weighted by molar-refractivity contribution is -0.160. The van der Waals surface area contributed by atoms with E-state index in [1.807, 2.05) is 0 Å². The monoisotopic (exact) mass is 198 g/mol. The van der Waals surface area contributed by atoms with Crippen molar-refractivity contribution in [1.82, 2.24) is 10.0 Å². The first-order valence-corrected chi connectivity index (χ1v) is 5.43. The molecule has 4 heteroatoms. The molecule has 1 saturated heterocycles. The minimum atomic E-state index is -0.432. The van der Waals surface area contributed by atoms with Crippen LogP contribution in [0.2, 0.25) is 0 Å². The summed E-state index contributed by atoms with van der Waals surface area (Å²) in [5.41, 5.74) is 0. The average Bonchev–Trinajstić information content (AvgIpc) is 2.90. The molecule has 1 aliphatic carbocycles. The van der Waals surface area contributed by atoms with Crippen LogP contribution in [0.5, 0.6) is 0 Å². The summed E-state index contributed by atoms with van der Waals surface area (Å²) in [5.74, 6) is 0.170. The fourth-order valence-corrected chi connectivity index (χ4v) is 1.99. The lowest BCUT2D eigenvalue weighted by Gasteiger charge is -2.39. The molecule has 1 heterocycles. The quantitative estimate of drug-likeness (QED) is 0.712. The van der Waals surface area contributed by atoms with Gasteiger partial charge in [-0.2, -0.15) is 0 Å². The van der Waals surface area contributed by atoms with Gasteiger partial charge in [0.2, 0.25) is 5.91 Å². The summed E-state index contributed by atoms with van der Waals surface area (Å²) in [6.07, 6.45) is 3.56. The van der Waals surface area contributed by atoms with Gasteiger partial charge in [-0.1, -0.05) is 0 Å². The van der Waals surface area contributed by atoms with Gasteiger partial charge in [-0.3, -0.25) is 9.80 Å². The van der Waals surface area contributed by atoms with Gasteiger partial charge >= 0.3 is 0 Å². The van der Waals surface area contributed by atoms with Gasteiger partial charge in [0, 0.05) is 19.0 Å². The Hall–Kier alpha value is -0.610. The topological polar surface area (TPSA) is 43.8 Å². The van der Waals surface area contributed by atoms with Crippen molar-refractivity contribution in [3.8, 4) is 0 Å². The van der Waals surface area contributed by atoms with Gasteiger partial charge in [-0.25, -0.2) is 5.01 Å².